The first kappa shape index (κ1) is 6.89. The summed E-state index contributed by atoms with van der Waals surface area (Å²) in [5.41, 5.74) is 1.31. The smallest absolute Gasteiger partial charge is 0.109 e. The van der Waals surface area contributed by atoms with Crippen LogP contribution >= 0.6 is 0 Å². The highest BCUT2D eigenvalue weighted by Crippen LogP contribution is 2.24. The summed E-state index contributed by atoms with van der Waals surface area (Å²) in [6, 6.07) is 0.668. The molecular weight excluding hydrogens is 136 g/mol. The molecule has 0 aromatic carbocycles. The predicted octanol–water partition coefficient (Wildman–Crippen LogP) is 2.09. The van der Waals surface area contributed by atoms with Crippen molar-refractivity contribution in [3.05, 3.63) is 17.7 Å². The summed E-state index contributed by atoms with van der Waals surface area (Å²) < 4.78 is 2.36. The third-order valence-corrected chi connectivity index (χ3v) is 2.52. The minimum absolute atomic E-state index is 0.668. The first-order chi connectivity index (χ1) is 5.29. The van der Waals surface area contributed by atoms with E-state index in [0.717, 1.165) is 6.42 Å². The third-order valence-electron chi connectivity index (χ3n) is 2.52. The molecule has 0 fully saturated rings. The lowest BCUT2D eigenvalue weighted by atomic mass is 10.1. The van der Waals surface area contributed by atoms with Gasteiger partial charge in [0.2, 0.25) is 0 Å². The number of hydrogen-bond acceptors (Lipinski definition) is 1. The van der Waals surface area contributed by atoms with Gasteiger partial charge in [0, 0.05) is 24.4 Å². The fourth-order valence-electron chi connectivity index (χ4n) is 1.97. The van der Waals surface area contributed by atoms with Crippen molar-refractivity contribution in [1.82, 2.24) is 9.55 Å². The molecule has 1 aliphatic heterocycles. The van der Waals surface area contributed by atoms with Gasteiger partial charge >= 0.3 is 0 Å². The molecule has 0 saturated carbocycles. The molecule has 2 heteroatoms. The van der Waals surface area contributed by atoms with Gasteiger partial charge in [0.25, 0.3) is 0 Å². The maximum absolute atomic E-state index is 4.37. The summed E-state index contributed by atoms with van der Waals surface area (Å²) in [6.07, 6.45) is 5.76. The molecule has 0 bridgehead atoms. The Bertz CT molecular complexity index is 263. The summed E-state index contributed by atoms with van der Waals surface area (Å²) in [6.45, 7) is 4.41. The van der Waals surface area contributed by atoms with Crippen molar-refractivity contribution in [2.75, 3.05) is 0 Å². The Labute approximate surface area is 67.3 Å². The van der Waals surface area contributed by atoms with E-state index < -0.39 is 0 Å². The van der Waals surface area contributed by atoms with Crippen LogP contribution in [0.4, 0.5) is 0 Å². The van der Waals surface area contributed by atoms with Gasteiger partial charge in [-0.25, -0.2) is 4.98 Å². The highest BCUT2D eigenvalue weighted by atomic mass is 15.1. The topological polar surface area (TPSA) is 17.8 Å². The molecule has 2 nitrogen and oxygen atoms in total. The summed E-state index contributed by atoms with van der Waals surface area (Å²) in [5.74, 6) is 1.28. The molecule has 2 heterocycles. The largest absolute Gasteiger partial charge is 0.330 e. The summed E-state index contributed by atoms with van der Waals surface area (Å²) in [5, 5.41) is 0. The summed E-state index contributed by atoms with van der Waals surface area (Å²) >= 11 is 0. The SMILES string of the molecule is Cc1cnc2n1C(C)CCC2. The molecule has 1 aromatic heterocycles. The van der Waals surface area contributed by atoms with Gasteiger partial charge in [-0.1, -0.05) is 0 Å². The zero-order chi connectivity index (χ0) is 7.84. The van der Waals surface area contributed by atoms with Gasteiger partial charge in [-0.2, -0.15) is 0 Å². The molecule has 0 amide bonds. The molecule has 1 atom stereocenters. The number of hydrogen-bond donors (Lipinski definition) is 0. The Morgan fingerprint density at radius 1 is 1.64 bits per heavy atom. The lowest BCUT2D eigenvalue weighted by Gasteiger charge is -2.22. The van der Waals surface area contributed by atoms with Gasteiger partial charge < -0.3 is 4.57 Å². The van der Waals surface area contributed by atoms with Crippen molar-refractivity contribution in [2.24, 2.45) is 0 Å². The minimum Gasteiger partial charge on any atom is -0.330 e. The normalized spacial score (nSPS) is 23.3. The number of imidazole rings is 1. The van der Waals surface area contributed by atoms with Crippen LogP contribution in [0, 0.1) is 6.92 Å². The van der Waals surface area contributed by atoms with Crippen LogP contribution in [0.15, 0.2) is 6.20 Å². The number of aromatic nitrogens is 2. The van der Waals surface area contributed by atoms with Crippen LogP contribution in [0.3, 0.4) is 0 Å². The average Bonchev–Trinajstić information content (AvgIpc) is 2.34. The van der Waals surface area contributed by atoms with E-state index >= 15 is 0 Å². The zero-order valence-corrected chi connectivity index (χ0v) is 7.17. The van der Waals surface area contributed by atoms with Gasteiger partial charge in [-0.05, 0) is 26.7 Å². The van der Waals surface area contributed by atoms with Gasteiger partial charge in [-0.3, -0.25) is 0 Å². The monoisotopic (exact) mass is 150 g/mol. The van der Waals surface area contributed by atoms with Crippen LogP contribution in [-0.4, -0.2) is 9.55 Å². The number of fused-ring (bicyclic) bond motifs is 1. The standard InChI is InChI=1S/C9H14N2/c1-7-4-3-5-9-10-6-8(2)11(7)9/h6-7H,3-5H2,1-2H3. The Morgan fingerprint density at radius 2 is 2.45 bits per heavy atom. The molecule has 60 valence electrons. The Morgan fingerprint density at radius 3 is 3.18 bits per heavy atom. The molecule has 2 rings (SSSR count). The summed E-state index contributed by atoms with van der Waals surface area (Å²) in [4.78, 5) is 4.37. The fourth-order valence-corrected chi connectivity index (χ4v) is 1.97. The minimum atomic E-state index is 0.668. The molecule has 1 aliphatic rings. The third kappa shape index (κ3) is 0.971. The lowest BCUT2D eigenvalue weighted by molar-refractivity contribution is 0.419. The van der Waals surface area contributed by atoms with Crippen molar-refractivity contribution in [3.8, 4) is 0 Å². The van der Waals surface area contributed by atoms with E-state index in [2.05, 4.69) is 23.4 Å². The Balaban J connectivity index is 2.48. The second-order valence-corrected chi connectivity index (χ2v) is 3.43. The van der Waals surface area contributed by atoms with Gasteiger partial charge in [0.1, 0.15) is 5.82 Å². The van der Waals surface area contributed by atoms with Crippen molar-refractivity contribution >= 4 is 0 Å². The first-order valence-corrected chi connectivity index (χ1v) is 4.32. The molecule has 0 N–H and O–H groups in total. The van der Waals surface area contributed by atoms with Crippen molar-refractivity contribution in [2.45, 2.75) is 39.2 Å². The van der Waals surface area contributed by atoms with Crippen molar-refractivity contribution < 1.29 is 0 Å². The molecule has 0 spiro atoms. The van der Waals surface area contributed by atoms with Crippen LogP contribution < -0.4 is 0 Å². The van der Waals surface area contributed by atoms with Gasteiger partial charge in [0.05, 0.1) is 0 Å². The first-order valence-electron chi connectivity index (χ1n) is 4.32. The fraction of sp³-hybridized carbons (Fsp3) is 0.667. The maximum Gasteiger partial charge on any atom is 0.109 e. The highest BCUT2D eigenvalue weighted by Gasteiger charge is 2.17. The van der Waals surface area contributed by atoms with Crippen molar-refractivity contribution in [3.63, 3.8) is 0 Å². The van der Waals surface area contributed by atoms with Gasteiger partial charge in [-0.15, -0.1) is 0 Å². The number of nitrogens with zero attached hydrogens (tertiary/aromatic N) is 2. The second-order valence-electron chi connectivity index (χ2n) is 3.43. The van der Waals surface area contributed by atoms with E-state index in [4.69, 9.17) is 0 Å². The van der Waals surface area contributed by atoms with E-state index in [9.17, 15) is 0 Å². The van der Waals surface area contributed by atoms with Crippen LogP contribution in [0.2, 0.25) is 0 Å². The molecule has 0 aliphatic carbocycles. The lowest BCUT2D eigenvalue weighted by Crippen LogP contribution is -2.16. The van der Waals surface area contributed by atoms with Crippen LogP contribution in [0.25, 0.3) is 0 Å². The predicted molar refractivity (Wildman–Crippen MR) is 44.6 cm³/mol. The number of rotatable bonds is 0. The van der Waals surface area contributed by atoms with E-state index in [1.165, 1.54) is 24.4 Å². The highest BCUT2D eigenvalue weighted by molar-refractivity contribution is 5.07. The van der Waals surface area contributed by atoms with E-state index in [-0.39, 0.29) is 0 Å². The molecule has 1 aromatic rings. The zero-order valence-electron chi connectivity index (χ0n) is 7.17. The molecule has 1 unspecified atom stereocenters. The Kier molecular flexibility index (Phi) is 1.48. The molecule has 0 radical (unpaired) electrons. The van der Waals surface area contributed by atoms with Crippen LogP contribution in [0.1, 0.15) is 37.3 Å². The van der Waals surface area contributed by atoms with E-state index in [1.807, 2.05) is 6.20 Å². The van der Waals surface area contributed by atoms with E-state index in [0.29, 0.717) is 6.04 Å². The van der Waals surface area contributed by atoms with Gasteiger partial charge in [0.15, 0.2) is 0 Å². The molecular formula is C9H14N2. The molecule has 0 saturated heterocycles. The van der Waals surface area contributed by atoms with E-state index in [1.54, 1.807) is 0 Å². The molecule has 11 heavy (non-hydrogen) atoms. The maximum atomic E-state index is 4.37. The van der Waals surface area contributed by atoms with Crippen LogP contribution in [-0.2, 0) is 6.42 Å². The Hall–Kier alpha value is -0.790. The number of aryl methyl sites for hydroxylation is 2. The van der Waals surface area contributed by atoms with Crippen LogP contribution in [0.5, 0.6) is 0 Å². The van der Waals surface area contributed by atoms with Crippen molar-refractivity contribution in [1.29, 1.82) is 0 Å². The quantitative estimate of drug-likeness (QED) is 0.553. The second kappa shape index (κ2) is 2.36. The summed E-state index contributed by atoms with van der Waals surface area (Å²) in [7, 11) is 0. The average molecular weight is 150 g/mol.